The van der Waals surface area contributed by atoms with E-state index in [1.165, 1.54) is 6.92 Å². The molecule has 2 fully saturated rings. The van der Waals surface area contributed by atoms with E-state index in [2.05, 4.69) is 4.90 Å². The molecule has 0 amide bonds. The van der Waals surface area contributed by atoms with Crippen LogP contribution >= 0.6 is 0 Å². The summed E-state index contributed by atoms with van der Waals surface area (Å²) < 4.78 is 10.9. The second-order valence-corrected chi connectivity index (χ2v) is 6.36. The first-order valence-corrected chi connectivity index (χ1v) is 7.41. The number of nitrogens with zero attached hydrogens (tertiary/aromatic N) is 1. The van der Waals surface area contributed by atoms with Crippen LogP contribution in [0.25, 0.3) is 0 Å². The number of hydrogen-bond acceptors (Lipinski definition) is 6. The van der Waals surface area contributed by atoms with Gasteiger partial charge < -0.3 is 14.6 Å². The molecule has 6 heteroatoms. The lowest BCUT2D eigenvalue weighted by molar-refractivity contribution is -0.169. The maximum absolute atomic E-state index is 12.1. The molecule has 3 heterocycles. The van der Waals surface area contributed by atoms with Crippen molar-refractivity contribution >= 4 is 11.9 Å². The van der Waals surface area contributed by atoms with Crippen molar-refractivity contribution in [3.05, 3.63) is 11.6 Å². The Labute approximate surface area is 123 Å². The first kappa shape index (κ1) is 14.5. The van der Waals surface area contributed by atoms with Crippen molar-refractivity contribution in [2.24, 2.45) is 5.92 Å². The molecule has 1 N–H and O–H groups in total. The minimum absolute atomic E-state index is 0.00433. The van der Waals surface area contributed by atoms with E-state index >= 15 is 0 Å². The van der Waals surface area contributed by atoms with Gasteiger partial charge >= 0.3 is 11.9 Å². The molecule has 0 aliphatic carbocycles. The fourth-order valence-corrected chi connectivity index (χ4v) is 3.29. The molecule has 0 spiro atoms. The smallest absolute Gasteiger partial charge is 0.338 e. The molecule has 2 saturated heterocycles. The summed E-state index contributed by atoms with van der Waals surface area (Å²) in [5, 5.41) is 10.3. The lowest BCUT2D eigenvalue weighted by atomic mass is 9.88. The number of carbonyl (C=O) groups excluding carboxylic acids is 2. The van der Waals surface area contributed by atoms with Gasteiger partial charge in [0.05, 0.1) is 12.5 Å². The molecule has 0 aromatic carbocycles. The van der Waals surface area contributed by atoms with Crippen molar-refractivity contribution in [2.45, 2.75) is 44.4 Å². The molecule has 4 atom stereocenters. The lowest BCUT2D eigenvalue weighted by Gasteiger charge is -2.27. The normalized spacial score (nSPS) is 40.9. The molecule has 4 unspecified atom stereocenters. The van der Waals surface area contributed by atoms with Crippen LogP contribution in [0.1, 0.15) is 26.7 Å². The van der Waals surface area contributed by atoms with E-state index in [-0.39, 0.29) is 31.1 Å². The first-order valence-electron chi connectivity index (χ1n) is 7.41. The molecule has 0 saturated carbocycles. The second-order valence-electron chi connectivity index (χ2n) is 6.36. The van der Waals surface area contributed by atoms with E-state index in [1.807, 2.05) is 6.08 Å². The van der Waals surface area contributed by atoms with Gasteiger partial charge in [-0.25, -0.2) is 4.79 Å². The second kappa shape index (κ2) is 5.10. The third-order valence-corrected chi connectivity index (χ3v) is 4.91. The number of cyclic esters (lactones) is 1. The number of rotatable bonds is 0. The molecule has 3 aliphatic rings. The third kappa shape index (κ3) is 2.46. The number of ether oxygens (including phenoxy) is 2. The molecular weight excluding hydrogens is 274 g/mol. The Morgan fingerprint density at radius 2 is 2.19 bits per heavy atom. The minimum atomic E-state index is -1.68. The van der Waals surface area contributed by atoms with Gasteiger partial charge in [-0.3, -0.25) is 9.69 Å². The monoisotopic (exact) mass is 295 g/mol. The Hall–Kier alpha value is -1.40. The predicted octanol–water partition coefficient (Wildman–Crippen LogP) is 0.246. The van der Waals surface area contributed by atoms with Gasteiger partial charge in [0.2, 0.25) is 0 Å². The first-order chi connectivity index (χ1) is 9.89. The van der Waals surface area contributed by atoms with Crippen LogP contribution in [-0.4, -0.2) is 59.4 Å². The Balaban J connectivity index is 1.86. The van der Waals surface area contributed by atoms with E-state index in [1.54, 1.807) is 6.92 Å². The zero-order valence-corrected chi connectivity index (χ0v) is 12.4. The van der Waals surface area contributed by atoms with Crippen LogP contribution in [0, 0.1) is 5.92 Å². The van der Waals surface area contributed by atoms with Crippen LogP contribution in [0.4, 0.5) is 0 Å². The maximum Gasteiger partial charge on any atom is 0.338 e. The molecule has 3 aliphatic heterocycles. The van der Waals surface area contributed by atoms with Crippen molar-refractivity contribution < 1.29 is 24.2 Å². The van der Waals surface area contributed by atoms with Crippen molar-refractivity contribution in [1.29, 1.82) is 0 Å². The molecule has 6 nitrogen and oxygen atoms in total. The van der Waals surface area contributed by atoms with Gasteiger partial charge in [0, 0.05) is 19.0 Å². The summed E-state index contributed by atoms with van der Waals surface area (Å²) >= 11 is 0. The number of hydrogen-bond donors (Lipinski definition) is 1. The fraction of sp³-hybridized carbons (Fsp3) is 0.733. The molecule has 21 heavy (non-hydrogen) atoms. The van der Waals surface area contributed by atoms with E-state index in [0.29, 0.717) is 0 Å². The van der Waals surface area contributed by atoms with E-state index < -0.39 is 17.5 Å². The Kier molecular flexibility index (Phi) is 3.53. The van der Waals surface area contributed by atoms with Crippen LogP contribution in [0.5, 0.6) is 0 Å². The standard InChI is InChI=1S/C15H21NO5/c1-9-7-12(17)21-11-4-6-16-5-3-10(13(11)16)8-20-14(18)15(9,2)19/h3,9,11,13,19H,4-8H2,1-2H3. The van der Waals surface area contributed by atoms with Crippen molar-refractivity contribution in [2.75, 3.05) is 19.7 Å². The largest absolute Gasteiger partial charge is 0.460 e. The average molecular weight is 295 g/mol. The molecule has 0 bridgehead atoms. The summed E-state index contributed by atoms with van der Waals surface area (Å²) in [4.78, 5) is 26.4. The van der Waals surface area contributed by atoms with Crippen molar-refractivity contribution in [3.63, 3.8) is 0 Å². The Morgan fingerprint density at radius 3 is 2.95 bits per heavy atom. The maximum atomic E-state index is 12.1. The third-order valence-electron chi connectivity index (χ3n) is 4.91. The van der Waals surface area contributed by atoms with Gasteiger partial charge in [-0.2, -0.15) is 0 Å². The SMILES string of the molecule is CC1CC(=O)OC2CCN3CC=C(COC(=O)C1(C)O)C23. The summed E-state index contributed by atoms with van der Waals surface area (Å²) in [6, 6.07) is 0.0140. The fourth-order valence-electron chi connectivity index (χ4n) is 3.29. The zero-order valence-electron chi connectivity index (χ0n) is 12.4. The summed E-state index contributed by atoms with van der Waals surface area (Å²) in [6.45, 7) is 4.86. The van der Waals surface area contributed by atoms with Crippen LogP contribution in [0.2, 0.25) is 0 Å². The highest BCUT2D eigenvalue weighted by Gasteiger charge is 2.45. The summed E-state index contributed by atoms with van der Waals surface area (Å²) in [5.74, 6) is -1.60. The summed E-state index contributed by atoms with van der Waals surface area (Å²) in [7, 11) is 0. The van der Waals surface area contributed by atoms with Gasteiger partial charge in [0.1, 0.15) is 12.7 Å². The van der Waals surface area contributed by atoms with Crippen LogP contribution in [0.15, 0.2) is 11.6 Å². The van der Waals surface area contributed by atoms with Crippen LogP contribution in [0.3, 0.4) is 0 Å². The number of carbonyl (C=O) groups is 2. The molecule has 0 radical (unpaired) electrons. The van der Waals surface area contributed by atoms with Gasteiger partial charge in [-0.05, 0) is 18.9 Å². The highest BCUT2D eigenvalue weighted by atomic mass is 16.6. The zero-order chi connectivity index (χ0) is 15.2. The van der Waals surface area contributed by atoms with Crippen LogP contribution < -0.4 is 0 Å². The highest BCUT2D eigenvalue weighted by Crippen LogP contribution is 2.33. The van der Waals surface area contributed by atoms with Gasteiger partial charge in [0.15, 0.2) is 5.60 Å². The Bertz CT molecular complexity index is 498. The van der Waals surface area contributed by atoms with Crippen molar-refractivity contribution in [1.82, 2.24) is 4.90 Å². The topological polar surface area (TPSA) is 76.1 Å². The van der Waals surface area contributed by atoms with Crippen LogP contribution in [-0.2, 0) is 19.1 Å². The molecule has 116 valence electrons. The molecule has 0 aromatic heterocycles. The van der Waals surface area contributed by atoms with E-state index in [4.69, 9.17) is 9.47 Å². The average Bonchev–Trinajstić information content (AvgIpc) is 2.98. The summed E-state index contributed by atoms with van der Waals surface area (Å²) in [5.41, 5.74) is -0.721. The van der Waals surface area contributed by atoms with E-state index in [0.717, 1.165) is 25.1 Å². The van der Waals surface area contributed by atoms with Gasteiger partial charge in [-0.15, -0.1) is 0 Å². The number of esters is 2. The molecular formula is C15H21NO5. The number of aliphatic hydroxyl groups is 1. The lowest BCUT2D eigenvalue weighted by Crippen LogP contribution is -2.44. The predicted molar refractivity (Wildman–Crippen MR) is 73.3 cm³/mol. The quantitative estimate of drug-likeness (QED) is 0.510. The molecule has 0 aromatic rings. The highest BCUT2D eigenvalue weighted by molar-refractivity contribution is 5.81. The minimum Gasteiger partial charge on any atom is -0.460 e. The summed E-state index contributed by atoms with van der Waals surface area (Å²) in [6.07, 6.45) is 2.64. The Morgan fingerprint density at radius 1 is 1.43 bits per heavy atom. The van der Waals surface area contributed by atoms with Gasteiger partial charge in [0.25, 0.3) is 0 Å². The van der Waals surface area contributed by atoms with Gasteiger partial charge in [-0.1, -0.05) is 13.0 Å². The van der Waals surface area contributed by atoms with E-state index in [9.17, 15) is 14.7 Å². The molecule has 3 rings (SSSR count). The van der Waals surface area contributed by atoms with Crippen molar-refractivity contribution in [3.8, 4) is 0 Å².